The van der Waals surface area contributed by atoms with Gasteiger partial charge in [-0.3, -0.25) is 0 Å². The van der Waals surface area contributed by atoms with E-state index in [4.69, 9.17) is 10.5 Å². The molecule has 0 saturated carbocycles. The maximum atomic E-state index is 12.6. The van der Waals surface area contributed by atoms with Crippen molar-refractivity contribution in [2.75, 3.05) is 6.54 Å². The minimum absolute atomic E-state index is 0.256. The Balaban J connectivity index is 2.64. The van der Waals surface area contributed by atoms with E-state index < -0.39 is 0 Å². The van der Waals surface area contributed by atoms with Crippen molar-refractivity contribution in [3.63, 3.8) is 0 Å². The zero-order valence-corrected chi connectivity index (χ0v) is 8.59. The lowest BCUT2D eigenvalue weighted by atomic mass is 10.1. The van der Waals surface area contributed by atoms with Gasteiger partial charge in [0.25, 0.3) is 0 Å². The average molecular weight is 197 g/mol. The molecule has 0 amide bonds. The van der Waals surface area contributed by atoms with E-state index in [1.807, 2.05) is 13.8 Å². The topological polar surface area (TPSA) is 35.2 Å². The third-order valence-electron chi connectivity index (χ3n) is 1.95. The fraction of sp³-hybridized carbons (Fsp3) is 0.455. The third kappa shape index (κ3) is 3.34. The SMILES string of the molecule is CC(C)(CCN)Oc1ccc(F)cc1. The molecule has 1 aromatic rings. The summed E-state index contributed by atoms with van der Waals surface area (Å²) < 4.78 is 18.2. The molecular weight excluding hydrogens is 181 g/mol. The molecule has 78 valence electrons. The number of nitrogens with two attached hydrogens (primary N) is 1. The zero-order valence-electron chi connectivity index (χ0n) is 8.59. The largest absolute Gasteiger partial charge is 0.488 e. The van der Waals surface area contributed by atoms with Crippen LogP contribution in [0.15, 0.2) is 24.3 Å². The van der Waals surface area contributed by atoms with Gasteiger partial charge in [-0.2, -0.15) is 0 Å². The number of rotatable bonds is 4. The highest BCUT2D eigenvalue weighted by Crippen LogP contribution is 2.20. The quantitative estimate of drug-likeness (QED) is 0.804. The standard InChI is InChI=1S/C11H16FNO/c1-11(2,7-8-13)14-10-5-3-9(12)4-6-10/h3-6H,7-8,13H2,1-2H3. The summed E-state index contributed by atoms with van der Waals surface area (Å²) in [5, 5.41) is 0. The van der Waals surface area contributed by atoms with E-state index in [9.17, 15) is 4.39 Å². The zero-order chi connectivity index (χ0) is 10.6. The summed E-state index contributed by atoms with van der Waals surface area (Å²) in [7, 11) is 0. The Kier molecular flexibility index (Phi) is 3.47. The van der Waals surface area contributed by atoms with Gasteiger partial charge < -0.3 is 10.5 Å². The Hall–Kier alpha value is -1.09. The first-order chi connectivity index (χ1) is 6.53. The summed E-state index contributed by atoms with van der Waals surface area (Å²) >= 11 is 0. The van der Waals surface area contributed by atoms with Gasteiger partial charge in [0.05, 0.1) is 0 Å². The molecule has 14 heavy (non-hydrogen) atoms. The van der Waals surface area contributed by atoms with E-state index in [-0.39, 0.29) is 11.4 Å². The van der Waals surface area contributed by atoms with E-state index in [0.717, 1.165) is 6.42 Å². The predicted octanol–water partition coefficient (Wildman–Crippen LogP) is 2.33. The van der Waals surface area contributed by atoms with Crippen molar-refractivity contribution in [1.29, 1.82) is 0 Å². The van der Waals surface area contributed by atoms with Crippen LogP contribution in [-0.2, 0) is 0 Å². The van der Waals surface area contributed by atoms with Crippen molar-refractivity contribution in [3.8, 4) is 5.75 Å². The molecule has 3 heteroatoms. The highest BCUT2D eigenvalue weighted by atomic mass is 19.1. The number of hydrogen-bond donors (Lipinski definition) is 1. The van der Waals surface area contributed by atoms with Crippen molar-refractivity contribution in [2.24, 2.45) is 5.73 Å². The Labute approximate surface area is 83.9 Å². The Morgan fingerprint density at radius 3 is 2.36 bits per heavy atom. The summed E-state index contributed by atoms with van der Waals surface area (Å²) in [6.45, 7) is 4.50. The van der Waals surface area contributed by atoms with Gasteiger partial charge in [-0.05, 0) is 51.1 Å². The second-order valence-corrected chi connectivity index (χ2v) is 3.85. The van der Waals surface area contributed by atoms with Crippen LogP contribution in [0.4, 0.5) is 4.39 Å². The van der Waals surface area contributed by atoms with Crippen molar-refractivity contribution >= 4 is 0 Å². The van der Waals surface area contributed by atoms with Crippen LogP contribution >= 0.6 is 0 Å². The number of benzene rings is 1. The van der Waals surface area contributed by atoms with Crippen molar-refractivity contribution in [3.05, 3.63) is 30.1 Å². The Morgan fingerprint density at radius 1 is 1.29 bits per heavy atom. The third-order valence-corrected chi connectivity index (χ3v) is 1.95. The number of hydrogen-bond acceptors (Lipinski definition) is 2. The molecule has 1 rings (SSSR count). The average Bonchev–Trinajstić information content (AvgIpc) is 2.08. The van der Waals surface area contributed by atoms with Crippen LogP contribution in [-0.4, -0.2) is 12.1 Å². The summed E-state index contributed by atoms with van der Waals surface area (Å²) in [5.41, 5.74) is 5.15. The van der Waals surface area contributed by atoms with Crippen LogP contribution in [0, 0.1) is 5.82 Å². The summed E-state index contributed by atoms with van der Waals surface area (Å²) in [6.07, 6.45) is 0.768. The lowest BCUT2D eigenvalue weighted by Crippen LogP contribution is -2.31. The van der Waals surface area contributed by atoms with Gasteiger partial charge in [0.15, 0.2) is 0 Å². The Morgan fingerprint density at radius 2 is 1.86 bits per heavy atom. The smallest absolute Gasteiger partial charge is 0.123 e. The number of ether oxygens (including phenoxy) is 1. The highest BCUT2D eigenvalue weighted by molar-refractivity contribution is 5.22. The first-order valence-electron chi connectivity index (χ1n) is 4.68. The molecule has 1 aromatic carbocycles. The van der Waals surface area contributed by atoms with Gasteiger partial charge in [0, 0.05) is 0 Å². The van der Waals surface area contributed by atoms with Gasteiger partial charge in [0.2, 0.25) is 0 Å². The predicted molar refractivity (Wildman–Crippen MR) is 54.8 cm³/mol. The molecule has 0 heterocycles. The second kappa shape index (κ2) is 4.42. The molecule has 2 N–H and O–H groups in total. The van der Waals surface area contributed by atoms with Gasteiger partial charge >= 0.3 is 0 Å². The molecule has 0 fully saturated rings. The van der Waals surface area contributed by atoms with Gasteiger partial charge in [0.1, 0.15) is 17.2 Å². The van der Waals surface area contributed by atoms with Crippen LogP contribution < -0.4 is 10.5 Å². The summed E-state index contributed by atoms with van der Waals surface area (Å²) in [6, 6.07) is 6.00. The molecule has 0 aliphatic heterocycles. The van der Waals surface area contributed by atoms with Crippen LogP contribution in [0.2, 0.25) is 0 Å². The van der Waals surface area contributed by atoms with E-state index >= 15 is 0 Å². The summed E-state index contributed by atoms with van der Waals surface area (Å²) in [5.74, 6) is 0.416. The second-order valence-electron chi connectivity index (χ2n) is 3.85. The van der Waals surface area contributed by atoms with Gasteiger partial charge in [-0.1, -0.05) is 0 Å². The minimum atomic E-state index is -0.299. The summed E-state index contributed by atoms with van der Waals surface area (Å²) in [4.78, 5) is 0. The lowest BCUT2D eigenvalue weighted by molar-refractivity contribution is 0.102. The normalized spacial score (nSPS) is 11.4. The minimum Gasteiger partial charge on any atom is -0.488 e. The maximum Gasteiger partial charge on any atom is 0.123 e. The molecule has 0 aliphatic rings. The monoisotopic (exact) mass is 197 g/mol. The lowest BCUT2D eigenvalue weighted by Gasteiger charge is -2.25. The first-order valence-corrected chi connectivity index (χ1v) is 4.68. The highest BCUT2D eigenvalue weighted by Gasteiger charge is 2.18. The van der Waals surface area contributed by atoms with E-state index in [0.29, 0.717) is 12.3 Å². The van der Waals surface area contributed by atoms with E-state index in [1.165, 1.54) is 12.1 Å². The van der Waals surface area contributed by atoms with Crippen molar-refractivity contribution < 1.29 is 9.13 Å². The number of halogens is 1. The molecule has 2 nitrogen and oxygen atoms in total. The van der Waals surface area contributed by atoms with Crippen molar-refractivity contribution in [1.82, 2.24) is 0 Å². The van der Waals surface area contributed by atoms with E-state index in [2.05, 4.69) is 0 Å². The van der Waals surface area contributed by atoms with Crippen LogP contribution in [0.1, 0.15) is 20.3 Å². The maximum absolute atomic E-state index is 12.6. The molecule has 0 unspecified atom stereocenters. The van der Waals surface area contributed by atoms with Crippen LogP contribution in [0.3, 0.4) is 0 Å². The van der Waals surface area contributed by atoms with Crippen molar-refractivity contribution in [2.45, 2.75) is 25.9 Å². The molecule has 0 spiro atoms. The van der Waals surface area contributed by atoms with Crippen LogP contribution in [0.5, 0.6) is 5.75 Å². The molecule has 0 aromatic heterocycles. The molecule has 0 radical (unpaired) electrons. The fourth-order valence-electron chi connectivity index (χ4n) is 1.22. The van der Waals surface area contributed by atoms with Crippen LogP contribution in [0.25, 0.3) is 0 Å². The molecule has 0 bridgehead atoms. The molecule has 0 atom stereocenters. The fourth-order valence-corrected chi connectivity index (χ4v) is 1.22. The van der Waals surface area contributed by atoms with E-state index in [1.54, 1.807) is 12.1 Å². The van der Waals surface area contributed by atoms with Gasteiger partial charge in [-0.25, -0.2) is 4.39 Å². The van der Waals surface area contributed by atoms with Gasteiger partial charge in [-0.15, -0.1) is 0 Å². The molecular formula is C11H16FNO. The first kappa shape index (κ1) is 11.0. The Bertz CT molecular complexity index is 282. The molecule has 0 aliphatic carbocycles. The molecule has 0 saturated heterocycles.